The van der Waals surface area contributed by atoms with E-state index in [1.165, 1.54) is 11.8 Å². The van der Waals surface area contributed by atoms with Gasteiger partial charge in [-0.25, -0.2) is 0 Å². The minimum atomic E-state index is -3.35. The molecule has 0 aromatic heterocycles. The van der Waals surface area contributed by atoms with Crippen molar-refractivity contribution in [1.29, 1.82) is 0 Å². The standard InChI is InChI=1S/C4H10O4S5.2Na/c5-12(6,9)3-1-11-2-4-13(7,8)10;;/h1-4H2,(H,5,6,9)(H,7,8,10);;/q;2*+1/p-2. The van der Waals surface area contributed by atoms with Gasteiger partial charge >= 0.3 is 59.1 Å². The molecule has 0 saturated carbocycles. The van der Waals surface area contributed by atoms with Crippen LogP contribution in [0.5, 0.6) is 0 Å². The van der Waals surface area contributed by atoms with Gasteiger partial charge in [0.1, 0.15) is 0 Å². The Bertz CT molecular complexity index is 302. The van der Waals surface area contributed by atoms with E-state index in [0.717, 1.165) is 0 Å². The van der Waals surface area contributed by atoms with E-state index in [2.05, 4.69) is 22.4 Å². The summed E-state index contributed by atoms with van der Waals surface area (Å²) >= 11 is 9.47. The van der Waals surface area contributed by atoms with Gasteiger partial charge in [-0.15, -0.1) is 0 Å². The summed E-state index contributed by atoms with van der Waals surface area (Å²) in [5.41, 5.74) is 0. The molecule has 15 heavy (non-hydrogen) atoms. The van der Waals surface area contributed by atoms with Crippen LogP contribution in [0, 0.1) is 0 Å². The van der Waals surface area contributed by atoms with Gasteiger partial charge in [0.05, 0.1) is 0 Å². The van der Waals surface area contributed by atoms with Gasteiger partial charge in [-0.3, -0.25) is 8.42 Å². The fourth-order valence-corrected chi connectivity index (χ4v) is 4.43. The Kier molecular flexibility index (Phi) is 16.8. The van der Waals surface area contributed by atoms with Crippen LogP contribution in [0.15, 0.2) is 0 Å². The largest absolute Gasteiger partial charge is 1.00 e. The van der Waals surface area contributed by atoms with Crippen LogP contribution in [-0.4, -0.2) is 40.5 Å². The summed E-state index contributed by atoms with van der Waals surface area (Å²) < 4.78 is 41.8. The smallest absolute Gasteiger partial charge is 0.769 e. The Labute approximate surface area is 149 Å². The summed E-state index contributed by atoms with van der Waals surface area (Å²) in [7, 11) is -6.71. The molecule has 0 fully saturated rings. The third kappa shape index (κ3) is 22.6. The summed E-state index contributed by atoms with van der Waals surface area (Å²) in [6.45, 7) is 0. The van der Waals surface area contributed by atoms with Crippen molar-refractivity contribution in [2.75, 3.05) is 23.0 Å². The van der Waals surface area contributed by atoms with Gasteiger partial charge in [0.15, 0.2) is 0 Å². The molecule has 0 aliphatic heterocycles. The molecule has 80 valence electrons. The molecule has 2 atom stereocenters. The Morgan fingerprint density at radius 3 is 1.40 bits per heavy atom. The third-order valence-electron chi connectivity index (χ3n) is 0.955. The van der Waals surface area contributed by atoms with Crippen LogP contribution in [0.2, 0.25) is 0 Å². The fraction of sp³-hybridized carbons (Fsp3) is 1.00. The van der Waals surface area contributed by atoms with Crippen molar-refractivity contribution in [1.82, 2.24) is 0 Å². The van der Waals surface area contributed by atoms with Crippen LogP contribution < -0.4 is 59.1 Å². The maximum Gasteiger partial charge on any atom is 1.00 e. The zero-order valence-electron chi connectivity index (χ0n) is 8.50. The van der Waals surface area contributed by atoms with E-state index in [1.54, 1.807) is 0 Å². The molecular formula is C4H8Na2O4S5. The van der Waals surface area contributed by atoms with Gasteiger partial charge in [0.25, 0.3) is 0 Å². The maximum absolute atomic E-state index is 10.5. The maximum atomic E-state index is 10.5. The predicted molar refractivity (Wildman–Crippen MR) is 59.6 cm³/mol. The van der Waals surface area contributed by atoms with Crippen LogP contribution in [0.4, 0.5) is 0 Å². The van der Waals surface area contributed by atoms with Crippen molar-refractivity contribution >= 4 is 51.7 Å². The first-order valence-corrected chi connectivity index (χ1v) is 9.46. The predicted octanol–water partition coefficient (Wildman–Crippen LogP) is -6.52. The molecule has 0 amide bonds. The summed E-state index contributed by atoms with van der Waals surface area (Å²) in [5, 5.41) is 0. The van der Waals surface area contributed by atoms with Crippen LogP contribution in [0.25, 0.3) is 0 Å². The van der Waals surface area contributed by atoms with E-state index in [4.69, 9.17) is 0 Å². The fourth-order valence-electron chi connectivity index (χ4n) is 0.424. The molecular weight excluding hydrogens is 318 g/mol. The zero-order valence-corrected chi connectivity index (χ0v) is 16.6. The van der Waals surface area contributed by atoms with Gasteiger partial charge in [0, 0.05) is 23.0 Å². The molecule has 11 heteroatoms. The van der Waals surface area contributed by atoms with Crippen molar-refractivity contribution in [3.8, 4) is 0 Å². The van der Waals surface area contributed by atoms with E-state index < -0.39 is 17.5 Å². The van der Waals surface area contributed by atoms with Gasteiger partial charge in [-0.2, -0.15) is 11.8 Å². The van der Waals surface area contributed by atoms with E-state index in [-0.39, 0.29) is 70.6 Å². The van der Waals surface area contributed by atoms with Gasteiger partial charge in [0.2, 0.25) is 0 Å². The molecule has 0 rings (SSSR count). The van der Waals surface area contributed by atoms with E-state index in [0.29, 0.717) is 11.5 Å². The SMILES string of the molecule is O=S([O-])(=S)CCSCCS(=O)([O-])=S.[Na+].[Na+]. The molecule has 4 nitrogen and oxygen atoms in total. The molecule has 0 aromatic carbocycles. The van der Waals surface area contributed by atoms with E-state index in [9.17, 15) is 17.5 Å². The first kappa shape index (κ1) is 23.1. The molecule has 0 N–H and O–H groups in total. The minimum absolute atomic E-state index is 0. The molecule has 0 aliphatic rings. The average Bonchev–Trinajstić information content (AvgIpc) is 1.81. The first-order valence-electron chi connectivity index (χ1n) is 3.15. The van der Waals surface area contributed by atoms with E-state index >= 15 is 0 Å². The van der Waals surface area contributed by atoms with E-state index in [1.807, 2.05) is 0 Å². The number of thioether (sulfide) groups is 1. The Morgan fingerprint density at radius 2 is 1.20 bits per heavy atom. The quantitative estimate of drug-likeness (QED) is 0.355. The molecule has 0 radical (unpaired) electrons. The zero-order chi connectivity index (χ0) is 10.5. The Hall–Kier alpha value is 3.01. The van der Waals surface area contributed by atoms with Crippen molar-refractivity contribution in [2.45, 2.75) is 0 Å². The second-order valence-electron chi connectivity index (χ2n) is 2.14. The normalized spacial score (nSPS) is 17.7. The summed E-state index contributed by atoms with van der Waals surface area (Å²) in [5.74, 6) is 0.419. The van der Waals surface area contributed by atoms with Crippen molar-refractivity contribution < 1.29 is 76.6 Å². The Balaban J connectivity index is -0.000000720. The summed E-state index contributed by atoms with van der Waals surface area (Å²) in [6.07, 6.45) is 0. The first-order chi connectivity index (χ1) is 5.71. The van der Waals surface area contributed by atoms with Crippen LogP contribution in [0.1, 0.15) is 0 Å². The average molecular weight is 326 g/mol. The number of hydrogen-bond donors (Lipinski definition) is 0. The topological polar surface area (TPSA) is 80.3 Å². The monoisotopic (exact) mass is 326 g/mol. The Morgan fingerprint density at radius 1 is 0.933 bits per heavy atom. The van der Waals surface area contributed by atoms with Gasteiger partial charge < -0.3 is 9.11 Å². The third-order valence-corrected chi connectivity index (χ3v) is 4.87. The summed E-state index contributed by atoms with van der Waals surface area (Å²) in [6, 6.07) is 0. The summed E-state index contributed by atoms with van der Waals surface area (Å²) in [4.78, 5) is 0. The number of rotatable bonds is 6. The van der Waals surface area contributed by atoms with Crippen molar-refractivity contribution in [3.05, 3.63) is 0 Å². The number of hydrogen-bond acceptors (Lipinski definition) is 7. The van der Waals surface area contributed by atoms with Gasteiger partial charge in [-0.05, 0) is 39.9 Å². The van der Waals surface area contributed by atoms with Crippen LogP contribution >= 0.6 is 11.8 Å². The molecule has 0 saturated heterocycles. The molecule has 0 aliphatic carbocycles. The molecule has 2 unspecified atom stereocenters. The molecule has 0 bridgehead atoms. The second kappa shape index (κ2) is 10.9. The van der Waals surface area contributed by atoms with Crippen molar-refractivity contribution in [2.24, 2.45) is 0 Å². The second-order valence-corrected chi connectivity index (χ2v) is 9.46. The van der Waals surface area contributed by atoms with Gasteiger partial charge in [-0.1, -0.05) is 0 Å². The van der Waals surface area contributed by atoms with Crippen LogP contribution in [0.3, 0.4) is 0 Å². The van der Waals surface area contributed by atoms with Crippen LogP contribution in [-0.2, 0) is 39.9 Å². The van der Waals surface area contributed by atoms with Crippen molar-refractivity contribution in [3.63, 3.8) is 0 Å². The minimum Gasteiger partial charge on any atom is -0.769 e. The molecule has 0 aromatic rings. The molecule has 0 heterocycles. The molecule has 0 spiro atoms.